The number of hydrogen-bond donors (Lipinski definition) is 1. The Bertz CT molecular complexity index is 674. The van der Waals surface area contributed by atoms with Crippen molar-refractivity contribution in [1.82, 2.24) is 19.9 Å². The van der Waals surface area contributed by atoms with Crippen LogP contribution in [0.4, 0.5) is 11.8 Å². The van der Waals surface area contributed by atoms with Gasteiger partial charge in [-0.2, -0.15) is 4.98 Å². The van der Waals surface area contributed by atoms with E-state index in [1.807, 2.05) is 13.0 Å². The molecule has 2 aromatic rings. The summed E-state index contributed by atoms with van der Waals surface area (Å²) in [5.74, 6) is 2.28. The predicted octanol–water partition coefficient (Wildman–Crippen LogP) is 1.15. The third-order valence-corrected chi connectivity index (χ3v) is 4.43. The highest BCUT2D eigenvalue weighted by atomic mass is 16.5. The van der Waals surface area contributed by atoms with E-state index < -0.39 is 0 Å². The molecule has 0 radical (unpaired) electrons. The largest absolute Gasteiger partial charge is 0.448 e. The normalized spacial score (nSPS) is 20.8. The maximum atomic E-state index is 5.62. The molecular formula is C16H24N6O2. The van der Waals surface area contributed by atoms with Crippen molar-refractivity contribution >= 4 is 11.8 Å². The lowest BCUT2D eigenvalue weighted by Gasteiger charge is -2.23. The van der Waals surface area contributed by atoms with Crippen LogP contribution in [0.3, 0.4) is 0 Å². The summed E-state index contributed by atoms with van der Waals surface area (Å²) in [4.78, 5) is 17.5. The molecule has 0 saturated carbocycles. The van der Waals surface area contributed by atoms with Crippen molar-refractivity contribution in [3.05, 3.63) is 30.1 Å². The van der Waals surface area contributed by atoms with E-state index in [0.29, 0.717) is 18.5 Å². The second-order valence-electron chi connectivity index (χ2n) is 6.16. The maximum Gasteiger partial charge on any atom is 0.224 e. The molecule has 2 atom stereocenters. The second kappa shape index (κ2) is 7.14. The van der Waals surface area contributed by atoms with Crippen LogP contribution >= 0.6 is 0 Å². The van der Waals surface area contributed by atoms with Gasteiger partial charge in [-0.1, -0.05) is 0 Å². The van der Waals surface area contributed by atoms with E-state index in [1.165, 1.54) is 6.39 Å². The molecule has 1 saturated heterocycles. The molecule has 0 unspecified atom stereocenters. The van der Waals surface area contributed by atoms with Crippen molar-refractivity contribution in [2.24, 2.45) is 0 Å². The zero-order valence-electron chi connectivity index (χ0n) is 14.6. The van der Waals surface area contributed by atoms with E-state index in [4.69, 9.17) is 9.15 Å². The van der Waals surface area contributed by atoms with E-state index >= 15 is 0 Å². The average molecular weight is 332 g/mol. The second-order valence-corrected chi connectivity index (χ2v) is 6.16. The minimum absolute atomic E-state index is 0.171. The lowest BCUT2D eigenvalue weighted by atomic mass is 10.2. The lowest BCUT2D eigenvalue weighted by molar-refractivity contribution is 0.0639. The van der Waals surface area contributed by atoms with E-state index in [0.717, 1.165) is 30.4 Å². The molecule has 1 fully saturated rings. The van der Waals surface area contributed by atoms with Gasteiger partial charge in [-0.25, -0.2) is 9.97 Å². The fraction of sp³-hybridized carbons (Fsp3) is 0.562. The highest BCUT2D eigenvalue weighted by Crippen LogP contribution is 2.23. The average Bonchev–Trinajstić information content (AvgIpc) is 3.19. The van der Waals surface area contributed by atoms with Gasteiger partial charge in [-0.15, -0.1) is 0 Å². The number of oxazole rings is 1. The number of aromatic nitrogens is 3. The number of hydrogen-bond acceptors (Lipinski definition) is 8. The van der Waals surface area contributed by atoms with Crippen molar-refractivity contribution in [3.63, 3.8) is 0 Å². The van der Waals surface area contributed by atoms with E-state index in [1.54, 1.807) is 13.3 Å². The minimum atomic E-state index is 0.171. The smallest absolute Gasteiger partial charge is 0.224 e. The molecule has 1 aliphatic heterocycles. The topological polar surface area (TPSA) is 79.5 Å². The van der Waals surface area contributed by atoms with Crippen LogP contribution in [0.1, 0.15) is 11.5 Å². The standard InChI is InChI=1S/C16H24N6O2/c1-11-12(19-10-24-11)7-18-16-17-6-5-15(20-16)22-8-13(21(2)3)14(9-22)23-4/h5-6,10,13-14H,7-9H2,1-4H3,(H,17,18,20)/t13-,14+/m0/s1. The lowest BCUT2D eigenvalue weighted by Crippen LogP contribution is -2.39. The van der Waals surface area contributed by atoms with Crippen LogP contribution in [0.2, 0.25) is 0 Å². The zero-order valence-corrected chi connectivity index (χ0v) is 14.6. The Morgan fingerprint density at radius 2 is 2.21 bits per heavy atom. The highest BCUT2D eigenvalue weighted by Gasteiger charge is 2.34. The van der Waals surface area contributed by atoms with E-state index in [2.05, 4.69) is 44.2 Å². The Morgan fingerprint density at radius 1 is 1.38 bits per heavy atom. The van der Waals surface area contributed by atoms with Crippen molar-refractivity contribution in [3.8, 4) is 0 Å². The molecule has 8 nitrogen and oxygen atoms in total. The number of aryl methyl sites for hydroxylation is 1. The molecule has 3 heterocycles. The minimum Gasteiger partial charge on any atom is -0.448 e. The van der Waals surface area contributed by atoms with Crippen LogP contribution in [-0.2, 0) is 11.3 Å². The summed E-state index contributed by atoms with van der Waals surface area (Å²) in [7, 11) is 5.92. The van der Waals surface area contributed by atoms with Crippen molar-refractivity contribution < 1.29 is 9.15 Å². The van der Waals surface area contributed by atoms with Gasteiger partial charge in [0.2, 0.25) is 5.95 Å². The van der Waals surface area contributed by atoms with Gasteiger partial charge < -0.3 is 24.3 Å². The molecular weight excluding hydrogens is 308 g/mol. The summed E-state index contributed by atoms with van der Waals surface area (Å²) in [5, 5.41) is 3.20. The molecule has 8 heteroatoms. The highest BCUT2D eigenvalue weighted by molar-refractivity contribution is 5.44. The van der Waals surface area contributed by atoms with Crippen molar-refractivity contribution in [2.75, 3.05) is 44.5 Å². The summed E-state index contributed by atoms with van der Waals surface area (Å²) in [6.07, 6.45) is 3.38. The Balaban J connectivity index is 1.68. The van der Waals surface area contributed by atoms with Crippen LogP contribution < -0.4 is 10.2 Å². The molecule has 130 valence electrons. The molecule has 0 amide bonds. The summed E-state index contributed by atoms with van der Waals surface area (Å²) in [6, 6.07) is 2.27. The number of nitrogens with one attached hydrogen (secondary N) is 1. The van der Waals surface area contributed by atoms with E-state index in [-0.39, 0.29) is 6.10 Å². The fourth-order valence-corrected chi connectivity index (χ4v) is 2.94. The number of methoxy groups -OCH3 is 1. The third kappa shape index (κ3) is 3.49. The molecule has 0 bridgehead atoms. The summed E-state index contributed by atoms with van der Waals surface area (Å²) < 4.78 is 10.8. The Morgan fingerprint density at radius 3 is 2.83 bits per heavy atom. The molecule has 0 aromatic carbocycles. The monoisotopic (exact) mass is 332 g/mol. The third-order valence-electron chi connectivity index (χ3n) is 4.43. The summed E-state index contributed by atoms with van der Waals surface area (Å²) in [6.45, 7) is 4.12. The molecule has 1 N–H and O–H groups in total. The van der Waals surface area contributed by atoms with Gasteiger partial charge in [-0.3, -0.25) is 0 Å². The Hall–Kier alpha value is -2.19. The van der Waals surface area contributed by atoms with Crippen molar-refractivity contribution in [2.45, 2.75) is 25.6 Å². The first-order valence-corrected chi connectivity index (χ1v) is 7.98. The number of rotatable bonds is 6. The van der Waals surface area contributed by atoms with Crippen LogP contribution in [-0.4, -0.2) is 66.3 Å². The van der Waals surface area contributed by atoms with Gasteiger partial charge in [0.15, 0.2) is 6.39 Å². The molecule has 3 rings (SSSR count). The number of ether oxygens (including phenoxy) is 1. The zero-order chi connectivity index (χ0) is 17.1. The first-order valence-electron chi connectivity index (χ1n) is 7.98. The van der Waals surface area contributed by atoms with Gasteiger partial charge in [0.05, 0.1) is 18.7 Å². The van der Waals surface area contributed by atoms with E-state index in [9.17, 15) is 0 Å². The van der Waals surface area contributed by atoms with Gasteiger partial charge >= 0.3 is 0 Å². The number of anilines is 2. The van der Waals surface area contributed by atoms with Crippen LogP contribution in [0.5, 0.6) is 0 Å². The number of likely N-dealkylation sites (N-methyl/N-ethyl adjacent to an activating group) is 1. The first kappa shape index (κ1) is 16.7. The summed E-state index contributed by atoms with van der Waals surface area (Å²) >= 11 is 0. The SMILES string of the molecule is CO[C@@H]1CN(c2ccnc(NCc3ncoc3C)n2)C[C@@H]1N(C)C. The van der Waals surface area contributed by atoms with Crippen LogP contribution in [0.25, 0.3) is 0 Å². The van der Waals surface area contributed by atoms with Crippen LogP contribution in [0, 0.1) is 6.92 Å². The van der Waals surface area contributed by atoms with Gasteiger partial charge in [-0.05, 0) is 27.1 Å². The Labute approximate surface area is 141 Å². The molecule has 24 heavy (non-hydrogen) atoms. The molecule has 0 spiro atoms. The fourth-order valence-electron chi connectivity index (χ4n) is 2.94. The maximum absolute atomic E-state index is 5.62. The van der Waals surface area contributed by atoms with Gasteiger partial charge in [0.1, 0.15) is 17.3 Å². The van der Waals surface area contributed by atoms with Crippen LogP contribution in [0.15, 0.2) is 23.1 Å². The number of nitrogens with zero attached hydrogens (tertiary/aromatic N) is 5. The summed E-state index contributed by atoms with van der Waals surface area (Å²) in [5.41, 5.74) is 0.859. The van der Waals surface area contributed by atoms with Gasteiger partial charge in [0.25, 0.3) is 0 Å². The predicted molar refractivity (Wildman–Crippen MR) is 91.1 cm³/mol. The quantitative estimate of drug-likeness (QED) is 0.844. The molecule has 0 aliphatic carbocycles. The van der Waals surface area contributed by atoms with Crippen molar-refractivity contribution in [1.29, 1.82) is 0 Å². The van der Waals surface area contributed by atoms with Gasteiger partial charge in [0, 0.05) is 26.4 Å². The first-order chi connectivity index (χ1) is 11.6. The molecule has 2 aromatic heterocycles. The Kier molecular flexibility index (Phi) is 4.96. The molecule has 1 aliphatic rings.